The van der Waals surface area contributed by atoms with Gasteiger partial charge in [-0.25, -0.2) is 0 Å². The third kappa shape index (κ3) is 1.71. The van der Waals surface area contributed by atoms with Gasteiger partial charge >= 0.3 is 0 Å². The molecule has 0 spiro atoms. The maximum Gasteiger partial charge on any atom is 0.0437 e. The zero-order valence-electron chi connectivity index (χ0n) is 13.0. The number of rotatable bonds is 0. The van der Waals surface area contributed by atoms with E-state index in [0.29, 0.717) is 0 Å². The van der Waals surface area contributed by atoms with Crippen LogP contribution in [0.4, 0.5) is 0 Å². The Bertz CT molecular complexity index is 1100. The summed E-state index contributed by atoms with van der Waals surface area (Å²) in [6.07, 6.45) is 0. The number of benzene rings is 3. The summed E-state index contributed by atoms with van der Waals surface area (Å²) in [5, 5.41) is 2.76. The lowest BCUT2D eigenvalue weighted by molar-refractivity contribution is 0.660. The molecule has 0 aliphatic heterocycles. The highest BCUT2D eigenvalue weighted by molar-refractivity contribution is 9.10. The largest absolute Gasteiger partial charge is 0.135 e. The maximum absolute atomic E-state index is 3.64. The van der Waals surface area contributed by atoms with Crippen LogP contribution in [0, 0.1) is 0 Å². The molecule has 0 nitrogen and oxygen atoms in total. The normalized spacial score (nSPS) is 15.1. The van der Waals surface area contributed by atoms with Crippen molar-refractivity contribution in [3.8, 4) is 11.1 Å². The molecule has 0 bridgehead atoms. The van der Waals surface area contributed by atoms with Gasteiger partial charge < -0.3 is 0 Å². The second-order valence-corrected chi connectivity index (χ2v) is 8.75. The van der Waals surface area contributed by atoms with Gasteiger partial charge in [-0.05, 0) is 34.9 Å². The van der Waals surface area contributed by atoms with E-state index in [0.717, 1.165) is 4.47 Å². The first kappa shape index (κ1) is 13.8. The molecule has 5 rings (SSSR count). The van der Waals surface area contributed by atoms with E-state index in [1.165, 1.54) is 42.4 Å². The second-order valence-electron chi connectivity index (χ2n) is 6.78. The maximum atomic E-state index is 3.64. The summed E-state index contributed by atoms with van der Waals surface area (Å²) in [4.78, 5) is 0. The van der Waals surface area contributed by atoms with E-state index in [-0.39, 0.29) is 5.41 Å². The van der Waals surface area contributed by atoms with Crippen molar-refractivity contribution in [1.82, 2.24) is 0 Å². The summed E-state index contributed by atoms with van der Waals surface area (Å²) >= 11 is 5.57. The zero-order chi connectivity index (χ0) is 15.8. The lowest BCUT2D eigenvalue weighted by Crippen LogP contribution is -2.14. The molecule has 4 aromatic rings. The Balaban J connectivity index is 1.99. The van der Waals surface area contributed by atoms with E-state index >= 15 is 0 Å². The lowest BCUT2D eigenvalue weighted by Gasteiger charge is -2.21. The van der Waals surface area contributed by atoms with Crippen molar-refractivity contribution in [1.29, 1.82) is 0 Å². The number of thiophene rings is 1. The van der Waals surface area contributed by atoms with Gasteiger partial charge in [0, 0.05) is 35.6 Å². The van der Waals surface area contributed by atoms with Crippen LogP contribution in [0.15, 0.2) is 59.1 Å². The topological polar surface area (TPSA) is 0 Å². The molecule has 0 amide bonds. The van der Waals surface area contributed by atoms with E-state index < -0.39 is 0 Å². The molecular weight excluding hydrogens is 364 g/mol. The number of hydrogen-bond acceptors (Lipinski definition) is 1. The van der Waals surface area contributed by atoms with Gasteiger partial charge in [0.15, 0.2) is 0 Å². The summed E-state index contributed by atoms with van der Waals surface area (Å²) in [5.41, 5.74) is 5.76. The third-order valence-corrected chi connectivity index (χ3v) is 6.84. The van der Waals surface area contributed by atoms with Gasteiger partial charge in [0.05, 0.1) is 0 Å². The molecule has 0 atom stereocenters. The Morgan fingerprint density at radius 1 is 0.870 bits per heavy atom. The average molecular weight is 379 g/mol. The van der Waals surface area contributed by atoms with Gasteiger partial charge in [-0.1, -0.05) is 66.2 Å². The first-order valence-corrected chi connectivity index (χ1v) is 9.43. The smallest absolute Gasteiger partial charge is 0.0437 e. The van der Waals surface area contributed by atoms with E-state index in [2.05, 4.69) is 84.4 Å². The van der Waals surface area contributed by atoms with E-state index in [1.807, 2.05) is 11.3 Å². The van der Waals surface area contributed by atoms with Crippen molar-refractivity contribution >= 4 is 47.4 Å². The first-order valence-electron chi connectivity index (χ1n) is 7.82. The fourth-order valence-corrected chi connectivity index (χ4v) is 5.60. The van der Waals surface area contributed by atoms with Crippen LogP contribution in [-0.4, -0.2) is 0 Å². The minimum absolute atomic E-state index is 0.0544. The minimum Gasteiger partial charge on any atom is -0.135 e. The SMILES string of the molecule is CC1(C)c2cc(Br)ccc2-c2c1ccc1c2sc2ccccc21. The van der Waals surface area contributed by atoms with Crippen molar-refractivity contribution in [2.24, 2.45) is 0 Å². The fraction of sp³-hybridized carbons (Fsp3) is 0.143. The van der Waals surface area contributed by atoms with Gasteiger partial charge in [0.25, 0.3) is 0 Å². The average Bonchev–Trinajstić information content (AvgIpc) is 3.02. The number of halogens is 1. The Labute approximate surface area is 147 Å². The van der Waals surface area contributed by atoms with Crippen molar-refractivity contribution in [2.75, 3.05) is 0 Å². The Morgan fingerprint density at radius 3 is 2.57 bits per heavy atom. The summed E-state index contributed by atoms with van der Waals surface area (Å²) in [6.45, 7) is 4.67. The predicted octanol–water partition coefficient (Wildman–Crippen LogP) is 7.12. The van der Waals surface area contributed by atoms with Crippen molar-refractivity contribution in [3.63, 3.8) is 0 Å². The molecule has 2 heteroatoms. The quantitative estimate of drug-likeness (QED) is 0.305. The monoisotopic (exact) mass is 378 g/mol. The summed E-state index contributed by atoms with van der Waals surface area (Å²) in [7, 11) is 0. The molecule has 3 aromatic carbocycles. The van der Waals surface area contributed by atoms with Gasteiger partial charge in [-0.15, -0.1) is 11.3 Å². The molecule has 0 saturated carbocycles. The third-order valence-electron chi connectivity index (χ3n) is 5.14. The standard InChI is InChI=1S/C21H15BrS/c1-21(2)16-10-9-14-13-5-3-4-6-18(13)23-20(14)19(16)15-8-7-12(22)11-17(15)21/h3-11H,1-2H3. The molecule has 0 unspecified atom stereocenters. The van der Waals surface area contributed by atoms with Crippen LogP contribution in [0.2, 0.25) is 0 Å². The van der Waals surface area contributed by atoms with Crippen molar-refractivity contribution in [3.05, 3.63) is 70.2 Å². The zero-order valence-corrected chi connectivity index (χ0v) is 15.4. The van der Waals surface area contributed by atoms with Crippen LogP contribution in [-0.2, 0) is 5.41 Å². The fourth-order valence-electron chi connectivity index (χ4n) is 3.97. The van der Waals surface area contributed by atoms with Crippen LogP contribution < -0.4 is 0 Å². The van der Waals surface area contributed by atoms with Crippen molar-refractivity contribution in [2.45, 2.75) is 19.3 Å². The molecule has 1 heterocycles. The molecule has 1 aromatic heterocycles. The number of hydrogen-bond donors (Lipinski definition) is 0. The molecule has 0 fully saturated rings. The molecule has 1 aliphatic rings. The summed E-state index contributed by atoms with van der Waals surface area (Å²) < 4.78 is 3.96. The molecule has 0 N–H and O–H groups in total. The van der Waals surface area contributed by atoms with Gasteiger partial charge in [-0.2, -0.15) is 0 Å². The van der Waals surface area contributed by atoms with Gasteiger partial charge in [-0.3, -0.25) is 0 Å². The van der Waals surface area contributed by atoms with E-state index in [9.17, 15) is 0 Å². The second kappa shape index (κ2) is 4.46. The Kier molecular flexibility index (Phi) is 2.67. The Hall–Kier alpha value is -1.64. The van der Waals surface area contributed by atoms with Gasteiger partial charge in [0.1, 0.15) is 0 Å². The molecule has 112 valence electrons. The van der Waals surface area contributed by atoms with Crippen LogP contribution >= 0.6 is 27.3 Å². The summed E-state index contributed by atoms with van der Waals surface area (Å²) in [6, 6.07) is 20.1. The van der Waals surface area contributed by atoms with Gasteiger partial charge in [0.2, 0.25) is 0 Å². The van der Waals surface area contributed by atoms with Crippen LogP contribution in [0.25, 0.3) is 31.3 Å². The van der Waals surface area contributed by atoms with Crippen LogP contribution in [0.5, 0.6) is 0 Å². The van der Waals surface area contributed by atoms with Crippen molar-refractivity contribution < 1.29 is 0 Å². The molecule has 23 heavy (non-hydrogen) atoms. The highest BCUT2D eigenvalue weighted by Crippen LogP contribution is 2.54. The molecule has 0 radical (unpaired) electrons. The number of fused-ring (bicyclic) bond motifs is 7. The summed E-state index contributed by atoms with van der Waals surface area (Å²) in [5.74, 6) is 0. The van der Waals surface area contributed by atoms with Crippen LogP contribution in [0.1, 0.15) is 25.0 Å². The predicted molar refractivity (Wildman–Crippen MR) is 105 cm³/mol. The van der Waals surface area contributed by atoms with E-state index in [1.54, 1.807) is 0 Å². The highest BCUT2D eigenvalue weighted by Gasteiger charge is 2.37. The van der Waals surface area contributed by atoms with E-state index in [4.69, 9.17) is 0 Å². The minimum atomic E-state index is 0.0544. The molecule has 1 aliphatic carbocycles. The highest BCUT2D eigenvalue weighted by atomic mass is 79.9. The molecular formula is C21H15BrS. The first-order chi connectivity index (χ1) is 11.1. The molecule has 0 saturated heterocycles. The lowest BCUT2D eigenvalue weighted by atomic mass is 9.82. The Morgan fingerprint density at radius 2 is 1.70 bits per heavy atom. The van der Waals surface area contributed by atoms with Crippen LogP contribution in [0.3, 0.4) is 0 Å².